The van der Waals surface area contributed by atoms with E-state index in [0.717, 1.165) is 12.8 Å². The molecule has 0 spiro atoms. The van der Waals surface area contributed by atoms with Gasteiger partial charge in [-0.05, 0) is 19.9 Å². The molecule has 1 heterocycles. The smallest absolute Gasteiger partial charge is 0.253 e. The van der Waals surface area contributed by atoms with Gasteiger partial charge in [0.1, 0.15) is 6.61 Å². The molecule has 1 aliphatic rings. The van der Waals surface area contributed by atoms with E-state index in [9.17, 15) is 13.2 Å². The lowest BCUT2D eigenvalue weighted by Crippen LogP contribution is -2.26. The molecule has 1 aliphatic carbocycles. The van der Waals surface area contributed by atoms with E-state index in [1.807, 2.05) is 7.05 Å². The standard InChI is InChI=1S/C11H13F3N2O/c1-16(7-2-3-7)4-5-17-11-9(13)6-8(12)10(14)15-11/h6-7H,2-5H2,1H3. The van der Waals surface area contributed by atoms with Crippen molar-refractivity contribution in [1.82, 2.24) is 9.88 Å². The van der Waals surface area contributed by atoms with Gasteiger partial charge in [0.05, 0.1) is 0 Å². The zero-order chi connectivity index (χ0) is 12.4. The molecule has 3 nitrogen and oxygen atoms in total. The second-order valence-corrected chi connectivity index (χ2v) is 4.11. The molecule has 0 unspecified atom stereocenters. The molecule has 0 saturated heterocycles. The van der Waals surface area contributed by atoms with Crippen LogP contribution in [0.5, 0.6) is 5.88 Å². The Bertz CT molecular complexity index is 410. The average molecular weight is 246 g/mol. The van der Waals surface area contributed by atoms with E-state index in [1.165, 1.54) is 0 Å². The van der Waals surface area contributed by atoms with Crippen molar-refractivity contribution in [2.45, 2.75) is 18.9 Å². The van der Waals surface area contributed by atoms with Crippen molar-refractivity contribution in [2.24, 2.45) is 0 Å². The molecule has 17 heavy (non-hydrogen) atoms. The summed E-state index contributed by atoms with van der Waals surface area (Å²) in [6.45, 7) is 0.798. The average Bonchev–Trinajstić information content (AvgIpc) is 3.09. The lowest BCUT2D eigenvalue weighted by molar-refractivity contribution is 0.216. The largest absolute Gasteiger partial charge is 0.474 e. The van der Waals surface area contributed by atoms with Crippen LogP contribution in [0, 0.1) is 17.6 Å². The van der Waals surface area contributed by atoms with Crippen molar-refractivity contribution < 1.29 is 17.9 Å². The topological polar surface area (TPSA) is 25.4 Å². The number of pyridine rings is 1. The highest BCUT2D eigenvalue weighted by Crippen LogP contribution is 2.25. The molecular formula is C11H13F3N2O. The first kappa shape index (κ1) is 12.2. The van der Waals surface area contributed by atoms with Gasteiger partial charge in [-0.15, -0.1) is 0 Å². The summed E-state index contributed by atoms with van der Waals surface area (Å²) in [4.78, 5) is 5.15. The Morgan fingerprint density at radius 3 is 2.71 bits per heavy atom. The van der Waals surface area contributed by atoms with Crippen LogP contribution < -0.4 is 4.74 Å². The van der Waals surface area contributed by atoms with Crippen molar-refractivity contribution in [3.8, 4) is 5.88 Å². The minimum atomic E-state index is -1.35. The zero-order valence-corrected chi connectivity index (χ0v) is 9.42. The van der Waals surface area contributed by atoms with E-state index < -0.39 is 23.5 Å². The van der Waals surface area contributed by atoms with Gasteiger partial charge in [0.2, 0.25) is 0 Å². The highest BCUT2D eigenvalue weighted by Gasteiger charge is 2.25. The molecule has 0 amide bonds. The number of ether oxygens (including phenoxy) is 1. The SMILES string of the molecule is CN(CCOc1nc(F)c(F)cc1F)C1CC1. The van der Waals surface area contributed by atoms with Gasteiger partial charge in [0.25, 0.3) is 11.8 Å². The van der Waals surface area contributed by atoms with Gasteiger partial charge in [-0.1, -0.05) is 0 Å². The van der Waals surface area contributed by atoms with Gasteiger partial charge in [0.15, 0.2) is 11.6 Å². The van der Waals surface area contributed by atoms with Crippen LogP contribution in [0.1, 0.15) is 12.8 Å². The van der Waals surface area contributed by atoms with Crippen LogP contribution >= 0.6 is 0 Å². The predicted molar refractivity (Wildman–Crippen MR) is 55.3 cm³/mol. The summed E-state index contributed by atoms with van der Waals surface area (Å²) in [7, 11) is 1.94. The summed E-state index contributed by atoms with van der Waals surface area (Å²) in [5.74, 6) is -4.15. The minimum absolute atomic E-state index is 0.196. The van der Waals surface area contributed by atoms with Crippen LogP contribution in [0.4, 0.5) is 13.2 Å². The number of aromatic nitrogens is 1. The Hall–Kier alpha value is -1.30. The molecule has 1 aromatic heterocycles. The number of hydrogen-bond donors (Lipinski definition) is 0. The molecule has 1 fully saturated rings. The highest BCUT2D eigenvalue weighted by atomic mass is 19.2. The van der Waals surface area contributed by atoms with Crippen molar-refractivity contribution in [1.29, 1.82) is 0 Å². The van der Waals surface area contributed by atoms with Crippen LogP contribution in [0.2, 0.25) is 0 Å². The Morgan fingerprint density at radius 1 is 1.35 bits per heavy atom. The van der Waals surface area contributed by atoms with Crippen molar-refractivity contribution in [3.05, 3.63) is 23.6 Å². The normalized spacial score (nSPS) is 15.4. The number of likely N-dealkylation sites (N-methyl/N-ethyl adjacent to an activating group) is 1. The summed E-state index contributed by atoms with van der Waals surface area (Å²) < 4.78 is 43.4. The lowest BCUT2D eigenvalue weighted by Gasteiger charge is -2.15. The summed E-state index contributed by atoms with van der Waals surface area (Å²) in [6, 6.07) is 1.00. The quantitative estimate of drug-likeness (QED) is 0.743. The minimum Gasteiger partial charge on any atom is -0.474 e. The molecule has 0 aromatic carbocycles. The van der Waals surface area contributed by atoms with E-state index in [0.29, 0.717) is 18.7 Å². The Morgan fingerprint density at radius 2 is 2.06 bits per heavy atom. The monoisotopic (exact) mass is 246 g/mol. The maximum absolute atomic E-state index is 13.1. The Balaban J connectivity index is 1.87. The van der Waals surface area contributed by atoms with Crippen LogP contribution in [0.15, 0.2) is 6.07 Å². The fourth-order valence-corrected chi connectivity index (χ4v) is 1.51. The third-order valence-corrected chi connectivity index (χ3v) is 2.71. The second kappa shape index (κ2) is 4.91. The van der Waals surface area contributed by atoms with Gasteiger partial charge < -0.3 is 9.64 Å². The van der Waals surface area contributed by atoms with E-state index in [1.54, 1.807) is 0 Å². The Labute approximate surface area is 97.2 Å². The lowest BCUT2D eigenvalue weighted by atomic mass is 10.4. The van der Waals surface area contributed by atoms with Crippen molar-refractivity contribution in [2.75, 3.05) is 20.2 Å². The van der Waals surface area contributed by atoms with Gasteiger partial charge in [-0.3, -0.25) is 0 Å². The summed E-state index contributed by atoms with van der Waals surface area (Å²) in [6.07, 6.45) is 2.32. The summed E-state index contributed by atoms with van der Waals surface area (Å²) in [5.41, 5.74) is 0. The molecule has 6 heteroatoms. The molecule has 2 rings (SSSR count). The number of halogens is 3. The van der Waals surface area contributed by atoms with E-state index in [-0.39, 0.29) is 6.61 Å². The van der Waals surface area contributed by atoms with Crippen molar-refractivity contribution >= 4 is 0 Å². The third kappa shape index (κ3) is 3.09. The number of hydrogen-bond acceptors (Lipinski definition) is 3. The van der Waals surface area contributed by atoms with Gasteiger partial charge >= 0.3 is 0 Å². The fourth-order valence-electron chi connectivity index (χ4n) is 1.51. The molecule has 0 bridgehead atoms. The molecule has 0 N–H and O–H groups in total. The molecule has 1 saturated carbocycles. The summed E-state index contributed by atoms with van der Waals surface area (Å²) >= 11 is 0. The summed E-state index contributed by atoms with van der Waals surface area (Å²) in [5, 5.41) is 0. The fraction of sp³-hybridized carbons (Fsp3) is 0.545. The number of nitrogens with zero attached hydrogens (tertiary/aromatic N) is 2. The van der Waals surface area contributed by atoms with Gasteiger partial charge in [0, 0.05) is 18.7 Å². The highest BCUT2D eigenvalue weighted by molar-refractivity contribution is 5.15. The van der Waals surface area contributed by atoms with Crippen LogP contribution in [0.25, 0.3) is 0 Å². The first-order valence-corrected chi connectivity index (χ1v) is 5.42. The van der Waals surface area contributed by atoms with Crippen molar-refractivity contribution in [3.63, 3.8) is 0 Å². The molecule has 0 atom stereocenters. The van der Waals surface area contributed by atoms with Gasteiger partial charge in [-0.25, -0.2) is 8.78 Å². The van der Waals surface area contributed by atoms with Gasteiger partial charge in [-0.2, -0.15) is 9.37 Å². The second-order valence-electron chi connectivity index (χ2n) is 4.11. The first-order valence-electron chi connectivity index (χ1n) is 5.42. The molecule has 0 radical (unpaired) electrons. The zero-order valence-electron chi connectivity index (χ0n) is 9.42. The van der Waals surface area contributed by atoms with Crippen LogP contribution in [-0.4, -0.2) is 36.1 Å². The molecular weight excluding hydrogens is 233 g/mol. The maximum atomic E-state index is 13.1. The molecule has 1 aromatic rings. The first-order chi connectivity index (χ1) is 8.08. The Kier molecular flexibility index (Phi) is 3.51. The number of rotatable bonds is 5. The predicted octanol–water partition coefficient (Wildman–Crippen LogP) is 1.97. The maximum Gasteiger partial charge on any atom is 0.253 e. The third-order valence-electron chi connectivity index (χ3n) is 2.71. The van der Waals surface area contributed by atoms with Crippen LogP contribution in [-0.2, 0) is 0 Å². The van der Waals surface area contributed by atoms with E-state index in [2.05, 4.69) is 9.88 Å². The van der Waals surface area contributed by atoms with E-state index >= 15 is 0 Å². The van der Waals surface area contributed by atoms with Crippen LogP contribution in [0.3, 0.4) is 0 Å². The van der Waals surface area contributed by atoms with E-state index in [4.69, 9.17) is 4.74 Å². The molecule has 94 valence electrons. The molecule has 0 aliphatic heterocycles.